The fourth-order valence-electron chi connectivity index (χ4n) is 1.99. The summed E-state index contributed by atoms with van der Waals surface area (Å²) in [5, 5.41) is 14.0. The van der Waals surface area contributed by atoms with Crippen LogP contribution in [0.5, 0.6) is 0 Å². The summed E-state index contributed by atoms with van der Waals surface area (Å²) < 4.78 is 13.1. The van der Waals surface area contributed by atoms with Gasteiger partial charge in [-0.05, 0) is 42.3 Å². The minimum Gasteiger partial charge on any atom is -0.387 e. The molecule has 4 heteroatoms. The maximum atomic E-state index is 13.1. The molecule has 2 aromatic rings. The van der Waals surface area contributed by atoms with Crippen LogP contribution in [0, 0.1) is 5.82 Å². The molecule has 0 aliphatic heterocycles. The number of nitrogens with one attached hydrogen (secondary N) is 1. The van der Waals surface area contributed by atoms with E-state index < -0.39 is 6.10 Å². The van der Waals surface area contributed by atoms with Gasteiger partial charge in [-0.25, -0.2) is 4.39 Å². The molecule has 2 N–H and O–H groups in total. The van der Waals surface area contributed by atoms with Crippen molar-refractivity contribution in [3.63, 3.8) is 0 Å². The van der Waals surface area contributed by atoms with Gasteiger partial charge in [0.15, 0.2) is 0 Å². The SMILES string of the molecule is C[C@@H](NCC(O)c1cccc(F)c1)c1ccc(Cl)cc1. The molecule has 2 atom stereocenters. The van der Waals surface area contributed by atoms with E-state index in [1.165, 1.54) is 12.1 Å². The summed E-state index contributed by atoms with van der Waals surface area (Å²) in [5.41, 5.74) is 1.65. The molecular weight excluding hydrogens is 277 g/mol. The Kier molecular flexibility index (Phi) is 5.12. The molecule has 0 amide bonds. The number of aliphatic hydroxyl groups is 1. The topological polar surface area (TPSA) is 32.3 Å². The summed E-state index contributed by atoms with van der Waals surface area (Å²) in [6.45, 7) is 2.36. The molecule has 0 heterocycles. The van der Waals surface area contributed by atoms with Gasteiger partial charge >= 0.3 is 0 Å². The number of halogens is 2. The maximum Gasteiger partial charge on any atom is 0.123 e. The molecule has 0 fully saturated rings. The molecule has 0 saturated heterocycles. The molecule has 2 nitrogen and oxygen atoms in total. The number of hydrogen-bond acceptors (Lipinski definition) is 2. The fraction of sp³-hybridized carbons (Fsp3) is 0.250. The van der Waals surface area contributed by atoms with Crippen molar-refractivity contribution in [3.05, 3.63) is 70.5 Å². The van der Waals surface area contributed by atoms with Gasteiger partial charge in [-0.2, -0.15) is 0 Å². The van der Waals surface area contributed by atoms with E-state index in [0.29, 0.717) is 17.1 Å². The van der Waals surface area contributed by atoms with Crippen LogP contribution in [0.4, 0.5) is 4.39 Å². The summed E-state index contributed by atoms with van der Waals surface area (Å²) >= 11 is 5.84. The Balaban J connectivity index is 1.93. The van der Waals surface area contributed by atoms with Gasteiger partial charge in [0, 0.05) is 17.6 Å². The van der Waals surface area contributed by atoms with E-state index in [4.69, 9.17) is 11.6 Å². The van der Waals surface area contributed by atoms with Gasteiger partial charge < -0.3 is 10.4 Å². The molecule has 2 rings (SSSR count). The van der Waals surface area contributed by atoms with E-state index in [1.807, 2.05) is 31.2 Å². The van der Waals surface area contributed by atoms with Gasteiger partial charge in [-0.1, -0.05) is 35.9 Å². The van der Waals surface area contributed by atoms with E-state index in [2.05, 4.69) is 5.32 Å². The summed E-state index contributed by atoms with van der Waals surface area (Å²) in [7, 11) is 0. The van der Waals surface area contributed by atoms with Crippen molar-refractivity contribution >= 4 is 11.6 Å². The second-order valence-corrected chi connectivity index (χ2v) is 5.19. The van der Waals surface area contributed by atoms with Crippen molar-refractivity contribution in [2.24, 2.45) is 0 Å². The molecule has 0 aliphatic carbocycles. The van der Waals surface area contributed by atoms with Gasteiger partial charge in [0.25, 0.3) is 0 Å². The molecule has 0 spiro atoms. The van der Waals surface area contributed by atoms with E-state index in [-0.39, 0.29) is 11.9 Å². The lowest BCUT2D eigenvalue weighted by Crippen LogP contribution is -2.24. The molecular formula is C16H17ClFNO. The molecule has 0 radical (unpaired) electrons. The molecule has 0 aromatic heterocycles. The van der Waals surface area contributed by atoms with Crippen LogP contribution < -0.4 is 5.32 Å². The van der Waals surface area contributed by atoms with Gasteiger partial charge in [0.2, 0.25) is 0 Å². The second kappa shape index (κ2) is 6.84. The van der Waals surface area contributed by atoms with Gasteiger partial charge in [-0.3, -0.25) is 0 Å². The van der Waals surface area contributed by atoms with Gasteiger partial charge in [0.05, 0.1) is 6.10 Å². The maximum absolute atomic E-state index is 13.1. The van der Waals surface area contributed by atoms with E-state index in [1.54, 1.807) is 12.1 Å². The number of rotatable bonds is 5. The summed E-state index contributed by atoms with van der Waals surface area (Å²) in [6.07, 6.45) is -0.736. The molecule has 0 saturated carbocycles. The number of benzene rings is 2. The zero-order chi connectivity index (χ0) is 14.5. The normalized spacial score (nSPS) is 14.0. The summed E-state index contributed by atoms with van der Waals surface area (Å²) in [4.78, 5) is 0. The molecule has 0 bridgehead atoms. The monoisotopic (exact) mass is 293 g/mol. The Morgan fingerprint density at radius 1 is 1.15 bits per heavy atom. The molecule has 0 aliphatic rings. The Hall–Kier alpha value is -1.42. The van der Waals surface area contributed by atoms with Gasteiger partial charge in [-0.15, -0.1) is 0 Å². The standard InChI is InChI=1S/C16H17ClFNO/c1-11(12-5-7-14(17)8-6-12)19-10-16(20)13-3-2-4-15(18)9-13/h2-9,11,16,19-20H,10H2,1H3/t11-,16?/m1/s1. The van der Waals surface area contributed by atoms with E-state index in [0.717, 1.165) is 5.56 Å². The highest BCUT2D eigenvalue weighted by atomic mass is 35.5. The van der Waals surface area contributed by atoms with E-state index >= 15 is 0 Å². The Morgan fingerprint density at radius 3 is 2.50 bits per heavy atom. The first-order valence-electron chi connectivity index (χ1n) is 6.48. The third-order valence-electron chi connectivity index (χ3n) is 3.22. The molecule has 2 aromatic carbocycles. The third kappa shape index (κ3) is 4.04. The lowest BCUT2D eigenvalue weighted by molar-refractivity contribution is 0.170. The van der Waals surface area contributed by atoms with Crippen LogP contribution in [0.3, 0.4) is 0 Å². The van der Waals surface area contributed by atoms with Crippen LogP contribution in [0.25, 0.3) is 0 Å². The van der Waals surface area contributed by atoms with Crippen molar-refractivity contribution in [2.45, 2.75) is 19.1 Å². The van der Waals surface area contributed by atoms with Crippen molar-refractivity contribution < 1.29 is 9.50 Å². The Morgan fingerprint density at radius 2 is 1.85 bits per heavy atom. The van der Waals surface area contributed by atoms with Crippen molar-refractivity contribution in [1.82, 2.24) is 5.32 Å². The number of aliphatic hydroxyl groups excluding tert-OH is 1. The quantitative estimate of drug-likeness (QED) is 0.877. The molecule has 1 unspecified atom stereocenters. The lowest BCUT2D eigenvalue weighted by atomic mass is 10.1. The first kappa shape index (κ1) is 15.0. The van der Waals surface area contributed by atoms with Crippen LogP contribution in [-0.4, -0.2) is 11.7 Å². The highest BCUT2D eigenvalue weighted by Crippen LogP contribution is 2.18. The van der Waals surface area contributed by atoms with Crippen molar-refractivity contribution in [2.75, 3.05) is 6.54 Å². The smallest absolute Gasteiger partial charge is 0.123 e. The van der Waals surface area contributed by atoms with Gasteiger partial charge in [0.1, 0.15) is 5.82 Å². The highest BCUT2D eigenvalue weighted by molar-refractivity contribution is 6.30. The van der Waals surface area contributed by atoms with Crippen LogP contribution in [0.2, 0.25) is 5.02 Å². The fourth-order valence-corrected chi connectivity index (χ4v) is 2.12. The highest BCUT2D eigenvalue weighted by Gasteiger charge is 2.11. The third-order valence-corrected chi connectivity index (χ3v) is 3.47. The van der Waals surface area contributed by atoms with Crippen LogP contribution in [0.15, 0.2) is 48.5 Å². The van der Waals surface area contributed by atoms with Crippen LogP contribution in [-0.2, 0) is 0 Å². The van der Waals surface area contributed by atoms with E-state index in [9.17, 15) is 9.50 Å². The first-order chi connectivity index (χ1) is 9.56. The van der Waals surface area contributed by atoms with Crippen molar-refractivity contribution in [3.8, 4) is 0 Å². The van der Waals surface area contributed by atoms with Crippen LogP contribution in [0.1, 0.15) is 30.2 Å². The zero-order valence-electron chi connectivity index (χ0n) is 11.2. The average molecular weight is 294 g/mol. The zero-order valence-corrected chi connectivity index (χ0v) is 11.9. The largest absolute Gasteiger partial charge is 0.387 e. The average Bonchev–Trinajstić information content (AvgIpc) is 2.45. The summed E-state index contributed by atoms with van der Waals surface area (Å²) in [5.74, 6) is -0.340. The Bertz CT molecular complexity index is 559. The Labute approximate surface area is 123 Å². The van der Waals surface area contributed by atoms with Crippen LogP contribution >= 0.6 is 11.6 Å². The van der Waals surface area contributed by atoms with Crippen molar-refractivity contribution in [1.29, 1.82) is 0 Å². The molecule has 20 heavy (non-hydrogen) atoms. The minimum atomic E-state index is -0.736. The minimum absolute atomic E-state index is 0.0791. The number of hydrogen-bond donors (Lipinski definition) is 2. The predicted octanol–water partition coefficient (Wildman–Crippen LogP) is 3.86. The molecule has 106 valence electrons. The second-order valence-electron chi connectivity index (χ2n) is 4.75. The predicted molar refractivity (Wildman–Crippen MR) is 79.2 cm³/mol. The summed E-state index contributed by atoms with van der Waals surface area (Å²) in [6, 6.07) is 13.6. The lowest BCUT2D eigenvalue weighted by Gasteiger charge is -2.18. The first-order valence-corrected chi connectivity index (χ1v) is 6.86.